The number of ketones is 1. The SMILES string of the molecule is O=C(Cc1cccs1)C1CCCCC1. The van der Waals surface area contributed by atoms with Crippen molar-refractivity contribution in [3.05, 3.63) is 22.4 Å². The normalized spacial score (nSPS) is 18.3. The van der Waals surface area contributed by atoms with Crippen LogP contribution in [-0.4, -0.2) is 5.78 Å². The molecule has 1 aliphatic carbocycles. The zero-order valence-electron chi connectivity index (χ0n) is 8.37. The van der Waals surface area contributed by atoms with Crippen molar-refractivity contribution in [3.63, 3.8) is 0 Å². The van der Waals surface area contributed by atoms with Gasteiger partial charge in [0, 0.05) is 17.2 Å². The molecule has 1 aromatic heterocycles. The summed E-state index contributed by atoms with van der Waals surface area (Å²) in [6.07, 6.45) is 6.75. The first-order valence-corrected chi connectivity index (χ1v) is 6.29. The maximum absolute atomic E-state index is 11.9. The number of hydrogen-bond donors (Lipinski definition) is 0. The first-order valence-electron chi connectivity index (χ1n) is 5.41. The van der Waals surface area contributed by atoms with E-state index >= 15 is 0 Å². The minimum atomic E-state index is 0.367. The highest BCUT2D eigenvalue weighted by Crippen LogP contribution is 2.26. The summed E-state index contributed by atoms with van der Waals surface area (Å²) in [7, 11) is 0. The van der Waals surface area contributed by atoms with Gasteiger partial charge in [-0.1, -0.05) is 25.3 Å². The molecule has 2 rings (SSSR count). The van der Waals surface area contributed by atoms with Gasteiger partial charge < -0.3 is 0 Å². The van der Waals surface area contributed by atoms with Gasteiger partial charge >= 0.3 is 0 Å². The maximum atomic E-state index is 11.9. The Morgan fingerprint density at radius 2 is 2.14 bits per heavy atom. The van der Waals surface area contributed by atoms with Gasteiger partial charge in [0.25, 0.3) is 0 Å². The summed E-state index contributed by atoms with van der Waals surface area (Å²) < 4.78 is 0. The fraction of sp³-hybridized carbons (Fsp3) is 0.583. The van der Waals surface area contributed by atoms with Crippen LogP contribution in [0.2, 0.25) is 0 Å². The van der Waals surface area contributed by atoms with Crippen LogP contribution in [0, 0.1) is 5.92 Å². The number of carbonyl (C=O) groups excluding carboxylic acids is 1. The van der Waals surface area contributed by atoms with Crippen LogP contribution in [0.15, 0.2) is 17.5 Å². The Kier molecular flexibility index (Phi) is 3.35. The molecule has 1 aliphatic rings. The molecule has 0 bridgehead atoms. The van der Waals surface area contributed by atoms with E-state index < -0.39 is 0 Å². The number of rotatable bonds is 3. The molecule has 0 amide bonds. The number of thiophene rings is 1. The zero-order valence-corrected chi connectivity index (χ0v) is 9.19. The van der Waals surface area contributed by atoms with Crippen LogP contribution in [-0.2, 0) is 11.2 Å². The van der Waals surface area contributed by atoms with Gasteiger partial charge in [-0.25, -0.2) is 0 Å². The second-order valence-electron chi connectivity index (χ2n) is 4.06. The molecule has 0 saturated heterocycles. The smallest absolute Gasteiger partial charge is 0.141 e. The summed E-state index contributed by atoms with van der Waals surface area (Å²) in [6.45, 7) is 0. The quantitative estimate of drug-likeness (QED) is 0.743. The standard InChI is InChI=1S/C12H16OS/c13-12(9-11-7-4-8-14-11)10-5-2-1-3-6-10/h4,7-8,10H,1-3,5-6,9H2. The van der Waals surface area contributed by atoms with Crippen molar-refractivity contribution in [1.29, 1.82) is 0 Å². The minimum Gasteiger partial charge on any atom is -0.299 e. The largest absolute Gasteiger partial charge is 0.299 e. The molecule has 1 heterocycles. The molecule has 0 atom stereocenters. The summed E-state index contributed by atoms with van der Waals surface area (Å²) >= 11 is 1.69. The first-order chi connectivity index (χ1) is 6.86. The van der Waals surface area contributed by atoms with Crippen LogP contribution in [0.3, 0.4) is 0 Å². The van der Waals surface area contributed by atoms with E-state index in [0.29, 0.717) is 18.1 Å². The molecule has 0 aliphatic heterocycles. The van der Waals surface area contributed by atoms with Gasteiger partial charge in [0.15, 0.2) is 0 Å². The maximum Gasteiger partial charge on any atom is 0.141 e. The number of carbonyl (C=O) groups is 1. The van der Waals surface area contributed by atoms with Crippen molar-refractivity contribution in [2.45, 2.75) is 38.5 Å². The average Bonchev–Trinajstić information content (AvgIpc) is 2.72. The van der Waals surface area contributed by atoms with E-state index in [1.54, 1.807) is 11.3 Å². The second-order valence-corrected chi connectivity index (χ2v) is 5.09. The highest BCUT2D eigenvalue weighted by atomic mass is 32.1. The fourth-order valence-electron chi connectivity index (χ4n) is 2.15. The average molecular weight is 208 g/mol. The molecular formula is C12H16OS. The van der Waals surface area contributed by atoms with Crippen LogP contribution in [0.25, 0.3) is 0 Å². The van der Waals surface area contributed by atoms with E-state index in [2.05, 4.69) is 6.07 Å². The molecule has 0 radical (unpaired) electrons. The van der Waals surface area contributed by atoms with E-state index in [-0.39, 0.29) is 0 Å². The molecule has 1 fully saturated rings. The lowest BCUT2D eigenvalue weighted by atomic mass is 9.85. The van der Waals surface area contributed by atoms with Gasteiger partial charge in [-0.05, 0) is 24.3 Å². The summed E-state index contributed by atoms with van der Waals surface area (Å²) in [4.78, 5) is 13.1. The third-order valence-electron chi connectivity index (χ3n) is 2.99. The van der Waals surface area contributed by atoms with Crippen molar-refractivity contribution in [2.24, 2.45) is 5.92 Å². The fourth-order valence-corrected chi connectivity index (χ4v) is 2.87. The Morgan fingerprint density at radius 1 is 1.36 bits per heavy atom. The Balaban J connectivity index is 1.88. The van der Waals surface area contributed by atoms with E-state index in [1.165, 1.54) is 24.1 Å². The van der Waals surface area contributed by atoms with E-state index in [9.17, 15) is 4.79 Å². The van der Waals surface area contributed by atoms with Crippen LogP contribution in [0.5, 0.6) is 0 Å². The van der Waals surface area contributed by atoms with Crippen molar-refractivity contribution in [1.82, 2.24) is 0 Å². The molecule has 14 heavy (non-hydrogen) atoms. The van der Waals surface area contributed by atoms with E-state index in [0.717, 1.165) is 12.8 Å². The van der Waals surface area contributed by atoms with Crippen molar-refractivity contribution in [3.8, 4) is 0 Å². The van der Waals surface area contributed by atoms with Gasteiger partial charge in [-0.15, -0.1) is 11.3 Å². The van der Waals surface area contributed by atoms with E-state index in [1.807, 2.05) is 11.4 Å². The van der Waals surface area contributed by atoms with Crippen LogP contribution in [0.1, 0.15) is 37.0 Å². The third kappa shape index (κ3) is 2.44. The molecule has 1 saturated carbocycles. The lowest BCUT2D eigenvalue weighted by Crippen LogP contribution is -2.19. The van der Waals surface area contributed by atoms with Crippen LogP contribution in [0.4, 0.5) is 0 Å². The van der Waals surface area contributed by atoms with Crippen molar-refractivity contribution < 1.29 is 4.79 Å². The lowest BCUT2D eigenvalue weighted by molar-refractivity contribution is -0.123. The zero-order chi connectivity index (χ0) is 9.80. The molecule has 2 heteroatoms. The summed E-state index contributed by atoms with van der Waals surface area (Å²) in [6, 6.07) is 4.08. The third-order valence-corrected chi connectivity index (χ3v) is 3.87. The van der Waals surface area contributed by atoms with Crippen LogP contribution < -0.4 is 0 Å². The number of Topliss-reactive ketones (excluding diaryl/α,β-unsaturated/α-hetero) is 1. The van der Waals surface area contributed by atoms with Gasteiger partial charge in [-0.3, -0.25) is 4.79 Å². The Labute approximate surface area is 89.1 Å². The van der Waals surface area contributed by atoms with E-state index in [4.69, 9.17) is 0 Å². The Bertz CT molecular complexity index is 283. The predicted octanol–water partition coefficient (Wildman–Crippen LogP) is 3.44. The summed E-state index contributed by atoms with van der Waals surface area (Å²) in [5, 5.41) is 2.05. The molecule has 0 spiro atoms. The monoisotopic (exact) mass is 208 g/mol. The summed E-state index contributed by atoms with van der Waals surface area (Å²) in [5.74, 6) is 0.831. The van der Waals surface area contributed by atoms with Crippen molar-refractivity contribution >= 4 is 17.1 Å². The lowest BCUT2D eigenvalue weighted by Gasteiger charge is -2.19. The Hall–Kier alpha value is -0.630. The molecule has 0 unspecified atom stereocenters. The molecule has 0 N–H and O–H groups in total. The minimum absolute atomic E-state index is 0.367. The number of hydrogen-bond acceptors (Lipinski definition) is 2. The highest BCUT2D eigenvalue weighted by molar-refractivity contribution is 7.10. The molecular weight excluding hydrogens is 192 g/mol. The van der Waals surface area contributed by atoms with Gasteiger partial charge in [0.2, 0.25) is 0 Å². The molecule has 1 nitrogen and oxygen atoms in total. The van der Waals surface area contributed by atoms with Crippen molar-refractivity contribution in [2.75, 3.05) is 0 Å². The second kappa shape index (κ2) is 4.74. The highest BCUT2D eigenvalue weighted by Gasteiger charge is 2.20. The molecule has 0 aromatic carbocycles. The predicted molar refractivity (Wildman–Crippen MR) is 59.6 cm³/mol. The van der Waals surface area contributed by atoms with Gasteiger partial charge in [-0.2, -0.15) is 0 Å². The van der Waals surface area contributed by atoms with Gasteiger partial charge in [0.1, 0.15) is 5.78 Å². The van der Waals surface area contributed by atoms with Crippen LogP contribution >= 0.6 is 11.3 Å². The first kappa shape index (κ1) is 9.91. The summed E-state index contributed by atoms with van der Waals surface area (Å²) in [5.41, 5.74) is 0. The van der Waals surface area contributed by atoms with Gasteiger partial charge in [0.05, 0.1) is 0 Å². The molecule has 1 aromatic rings. The molecule has 76 valence electrons. The Morgan fingerprint density at radius 3 is 2.79 bits per heavy atom. The topological polar surface area (TPSA) is 17.1 Å².